The van der Waals surface area contributed by atoms with Gasteiger partial charge in [0.15, 0.2) is 0 Å². The van der Waals surface area contributed by atoms with Gasteiger partial charge in [-0.2, -0.15) is 0 Å². The number of nitrogens with two attached hydrogens (primary N) is 1. The Morgan fingerprint density at radius 1 is 0.524 bits per heavy atom. The van der Waals surface area contributed by atoms with Crippen molar-refractivity contribution in [1.29, 1.82) is 0 Å². The Hall–Kier alpha value is -1.36. The molecule has 0 saturated heterocycles. The topological polar surface area (TPSA) is 78.6 Å². The summed E-state index contributed by atoms with van der Waals surface area (Å²) in [7, 11) is 0. The number of hydrogen-bond acceptors (Lipinski definition) is 5. The molecule has 0 heterocycles. The molecule has 0 amide bonds. The monoisotopic (exact) mass is 594 g/mol. The first-order valence-corrected chi connectivity index (χ1v) is 18.3. The first-order valence-electron chi connectivity index (χ1n) is 18.3. The van der Waals surface area contributed by atoms with Gasteiger partial charge in [0.2, 0.25) is 0 Å². The molecule has 0 aromatic carbocycles. The molecule has 0 aliphatic carbocycles. The molecule has 5 nitrogen and oxygen atoms in total. The highest BCUT2D eigenvalue weighted by atomic mass is 16.6. The lowest BCUT2D eigenvalue weighted by atomic mass is 10.0. The van der Waals surface area contributed by atoms with Crippen LogP contribution < -0.4 is 5.73 Å². The first kappa shape index (κ1) is 40.6. The Balaban J connectivity index is 3.55. The minimum absolute atomic E-state index is 0.0614. The van der Waals surface area contributed by atoms with E-state index < -0.39 is 6.10 Å². The Morgan fingerprint density at radius 2 is 0.881 bits per heavy atom. The fourth-order valence-electron chi connectivity index (χ4n) is 5.28. The van der Waals surface area contributed by atoms with E-state index in [1.54, 1.807) is 0 Å². The second-order valence-corrected chi connectivity index (χ2v) is 12.4. The number of unbranched alkanes of at least 4 members (excludes halogenated alkanes) is 23. The number of ether oxygens (including phenoxy) is 2. The Morgan fingerprint density at radius 3 is 1.29 bits per heavy atom. The number of esters is 2. The van der Waals surface area contributed by atoms with E-state index >= 15 is 0 Å². The second kappa shape index (κ2) is 34.1. The van der Waals surface area contributed by atoms with E-state index in [4.69, 9.17) is 15.2 Å². The van der Waals surface area contributed by atoms with Gasteiger partial charge < -0.3 is 15.2 Å². The molecular formula is C37H71NO4. The standard InChI is InChI=1S/C37H71NO4/c1-3-5-7-9-11-13-15-17-18-20-22-24-26-28-30-32-37(40)42-35(33-38)34-41-36(39)31-29-27-25-23-21-19-16-14-12-10-8-6-4-2/h17-18,35H,3-16,19-34,38H2,1-2H3. The van der Waals surface area contributed by atoms with Crippen molar-refractivity contribution in [2.75, 3.05) is 13.2 Å². The zero-order valence-electron chi connectivity index (χ0n) is 28.2. The predicted molar refractivity (Wildman–Crippen MR) is 180 cm³/mol. The van der Waals surface area contributed by atoms with E-state index in [0.717, 1.165) is 38.5 Å². The van der Waals surface area contributed by atoms with Crippen LogP contribution in [0.25, 0.3) is 0 Å². The van der Waals surface area contributed by atoms with Gasteiger partial charge in [-0.05, 0) is 38.5 Å². The van der Waals surface area contributed by atoms with Gasteiger partial charge in [-0.1, -0.05) is 154 Å². The van der Waals surface area contributed by atoms with Gasteiger partial charge in [-0.15, -0.1) is 0 Å². The molecule has 0 aromatic rings. The van der Waals surface area contributed by atoms with Crippen molar-refractivity contribution in [3.63, 3.8) is 0 Å². The molecule has 0 fully saturated rings. The van der Waals surface area contributed by atoms with Crippen molar-refractivity contribution in [1.82, 2.24) is 0 Å². The first-order chi connectivity index (χ1) is 20.6. The summed E-state index contributed by atoms with van der Waals surface area (Å²) in [5.41, 5.74) is 5.74. The van der Waals surface area contributed by atoms with E-state index in [2.05, 4.69) is 26.0 Å². The predicted octanol–water partition coefficient (Wildman–Crippen LogP) is 10.9. The fraction of sp³-hybridized carbons (Fsp3) is 0.892. The number of carbonyl (C=O) groups excluding carboxylic acids is 2. The van der Waals surface area contributed by atoms with Gasteiger partial charge >= 0.3 is 11.9 Å². The molecule has 0 bridgehead atoms. The summed E-state index contributed by atoms with van der Waals surface area (Å²) < 4.78 is 10.8. The summed E-state index contributed by atoms with van der Waals surface area (Å²) in [4.78, 5) is 24.2. The minimum Gasteiger partial charge on any atom is -0.462 e. The summed E-state index contributed by atoms with van der Waals surface area (Å²) in [6.07, 6.45) is 37.6. The summed E-state index contributed by atoms with van der Waals surface area (Å²) >= 11 is 0. The van der Waals surface area contributed by atoms with E-state index in [9.17, 15) is 9.59 Å². The van der Waals surface area contributed by atoms with Crippen molar-refractivity contribution in [3.8, 4) is 0 Å². The summed E-state index contributed by atoms with van der Waals surface area (Å²) in [5, 5.41) is 0. The van der Waals surface area contributed by atoms with E-state index in [-0.39, 0.29) is 25.1 Å². The van der Waals surface area contributed by atoms with Crippen LogP contribution in [0.15, 0.2) is 12.2 Å². The van der Waals surface area contributed by atoms with E-state index in [1.165, 1.54) is 128 Å². The Kier molecular flexibility index (Phi) is 33.0. The van der Waals surface area contributed by atoms with Gasteiger partial charge in [0.1, 0.15) is 12.7 Å². The van der Waals surface area contributed by atoms with Crippen molar-refractivity contribution < 1.29 is 19.1 Å². The number of rotatable bonds is 33. The maximum absolute atomic E-state index is 12.2. The molecule has 0 aliphatic heterocycles. The van der Waals surface area contributed by atoms with Crippen molar-refractivity contribution in [2.45, 2.75) is 200 Å². The summed E-state index contributed by atoms with van der Waals surface area (Å²) in [5.74, 6) is -0.458. The van der Waals surface area contributed by atoms with Crippen molar-refractivity contribution in [2.24, 2.45) is 5.73 Å². The summed E-state index contributed by atoms with van der Waals surface area (Å²) in [6.45, 7) is 4.76. The van der Waals surface area contributed by atoms with Crippen LogP contribution >= 0.6 is 0 Å². The van der Waals surface area contributed by atoms with Crippen LogP contribution in [0.1, 0.15) is 194 Å². The highest BCUT2D eigenvalue weighted by Crippen LogP contribution is 2.14. The van der Waals surface area contributed by atoms with Gasteiger partial charge in [0.25, 0.3) is 0 Å². The van der Waals surface area contributed by atoms with Crippen molar-refractivity contribution in [3.05, 3.63) is 12.2 Å². The molecule has 42 heavy (non-hydrogen) atoms. The Bertz CT molecular complexity index is 607. The van der Waals surface area contributed by atoms with Crippen LogP contribution in [0, 0.1) is 0 Å². The van der Waals surface area contributed by atoms with Gasteiger partial charge in [-0.3, -0.25) is 9.59 Å². The van der Waals surface area contributed by atoms with Crippen LogP contribution in [0.4, 0.5) is 0 Å². The third-order valence-corrected chi connectivity index (χ3v) is 8.12. The number of allylic oxidation sites excluding steroid dienone is 2. The third-order valence-electron chi connectivity index (χ3n) is 8.12. The molecule has 1 unspecified atom stereocenters. The molecule has 0 spiro atoms. The molecule has 1 atom stereocenters. The van der Waals surface area contributed by atoms with Crippen LogP contribution in [0.3, 0.4) is 0 Å². The Labute approximate surface area is 261 Å². The molecule has 0 radical (unpaired) electrons. The molecule has 0 rings (SSSR count). The molecule has 248 valence electrons. The molecule has 0 aliphatic rings. The fourth-order valence-corrected chi connectivity index (χ4v) is 5.28. The lowest BCUT2D eigenvalue weighted by Gasteiger charge is -2.16. The third kappa shape index (κ3) is 31.6. The zero-order chi connectivity index (χ0) is 30.8. The lowest BCUT2D eigenvalue weighted by molar-refractivity contribution is -0.158. The average Bonchev–Trinajstić information content (AvgIpc) is 2.99. The highest BCUT2D eigenvalue weighted by molar-refractivity contribution is 5.70. The second-order valence-electron chi connectivity index (χ2n) is 12.4. The smallest absolute Gasteiger partial charge is 0.306 e. The van der Waals surface area contributed by atoms with Crippen LogP contribution in [-0.2, 0) is 19.1 Å². The van der Waals surface area contributed by atoms with E-state index in [0.29, 0.717) is 12.8 Å². The highest BCUT2D eigenvalue weighted by Gasteiger charge is 2.15. The van der Waals surface area contributed by atoms with E-state index in [1.807, 2.05) is 0 Å². The van der Waals surface area contributed by atoms with Gasteiger partial charge in [0.05, 0.1) is 0 Å². The van der Waals surface area contributed by atoms with Crippen molar-refractivity contribution >= 4 is 11.9 Å². The normalized spacial score (nSPS) is 12.2. The van der Waals surface area contributed by atoms with Crippen LogP contribution in [-0.4, -0.2) is 31.2 Å². The zero-order valence-corrected chi connectivity index (χ0v) is 28.2. The lowest BCUT2D eigenvalue weighted by Crippen LogP contribution is -2.32. The molecule has 0 aromatic heterocycles. The van der Waals surface area contributed by atoms with Crippen LogP contribution in [0.5, 0.6) is 0 Å². The summed E-state index contributed by atoms with van der Waals surface area (Å²) in [6, 6.07) is 0. The number of carbonyl (C=O) groups is 2. The molecular weight excluding hydrogens is 522 g/mol. The number of hydrogen-bond donors (Lipinski definition) is 1. The largest absolute Gasteiger partial charge is 0.462 e. The maximum atomic E-state index is 12.2. The molecule has 2 N–H and O–H groups in total. The molecule has 0 saturated carbocycles. The maximum Gasteiger partial charge on any atom is 0.306 e. The SMILES string of the molecule is CCCCCCCCC=CCCCCCCCC(=O)OC(CN)COC(=O)CCCCCCCCCCCCCCC. The van der Waals surface area contributed by atoms with Crippen LogP contribution in [0.2, 0.25) is 0 Å². The van der Waals surface area contributed by atoms with Gasteiger partial charge in [-0.25, -0.2) is 0 Å². The van der Waals surface area contributed by atoms with Gasteiger partial charge in [0, 0.05) is 19.4 Å². The quantitative estimate of drug-likeness (QED) is 0.0465. The molecule has 5 heteroatoms. The average molecular weight is 594 g/mol. The minimum atomic E-state index is -0.545.